The molecule has 1 amide bonds. The van der Waals surface area contributed by atoms with Gasteiger partial charge in [-0.2, -0.15) is 0 Å². The Morgan fingerprint density at radius 3 is 2.68 bits per heavy atom. The molecule has 7 heteroatoms. The number of pyridine rings is 1. The van der Waals surface area contributed by atoms with Crippen molar-refractivity contribution in [2.75, 3.05) is 20.2 Å². The van der Waals surface area contributed by atoms with E-state index in [9.17, 15) is 14.7 Å². The monoisotopic (exact) mass is 424 g/mol. The molecule has 1 N–H and O–H groups in total. The summed E-state index contributed by atoms with van der Waals surface area (Å²) in [6.45, 7) is 3.32. The van der Waals surface area contributed by atoms with Crippen LogP contribution in [-0.4, -0.2) is 59.3 Å². The number of aliphatic hydroxyl groups excluding tert-OH is 1. The molecule has 0 bridgehead atoms. The van der Waals surface area contributed by atoms with Crippen molar-refractivity contribution >= 4 is 11.9 Å². The van der Waals surface area contributed by atoms with E-state index in [0.717, 1.165) is 11.3 Å². The zero-order valence-electron chi connectivity index (χ0n) is 17.9. The third-order valence-electron chi connectivity index (χ3n) is 6.28. The third kappa shape index (κ3) is 4.88. The van der Waals surface area contributed by atoms with Crippen molar-refractivity contribution in [3.05, 3.63) is 59.4 Å². The van der Waals surface area contributed by atoms with Crippen molar-refractivity contribution in [3.63, 3.8) is 0 Å². The number of likely N-dealkylation sites (tertiary alicyclic amines) is 1. The van der Waals surface area contributed by atoms with Gasteiger partial charge in [-0.25, -0.2) is 4.79 Å². The van der Waals surface area contributed by atoms with Gasteiger partial charge >= 0.3 is 5.97 Å². The van der Waals surface area contributed by atoms with Crippen LogP contribution in [0.3, 0.4) is 0 Å². The molecule has 1 aliphatic heterocycles. The molecule has 4 rings (SSSR count). The van der Waals surface area contributed by atoms with E-state index in [1.807, 2.05) is 24.0 Å². The molecule has 31 heavy (non-hydrogen) atoms. The number of ether oxygens (including phenoxy) is 2. The SMILES string of the molecule is COC(=O)c1cccc(O[C@@H]2C[C@@H]3CN(C(=O)Cc4cc(C)ccn4)C[C@@H]3C[C@H]2O)c1. The highest BCUT2D eigenvalue weighted by Gasteiger charge is 2.43. The number of aryl methyl sites for hydroxylation is 1. The van der Waals surface area contributed by atoms with Gasteiger partial charge in [-0.3, -0.25) is 9.78 Å². The first kappa shape index (κ1) is 21.3. The van der Waals surface area contributed by atoms with Crippen molar-refractivity contribution < 1.29 is 24.2 Å². The highest BCUT2D eigenvalue weighted by Crippen LogP contribution is 2.38. The van der Waals surface area contributed by atoms with Crippen LogP contribution in [0.15, 0.2) is 42.6 Å². The van der Waals surface area contributed by atoms with Gasteiger partial charge in [-0.1, -0.05) is 6.07 Å². The van der Waals surface area contributed by atoms with Crippen molar-refractivity contribution in [1.29, 1.82) is 0 Å². The summed E-state index contributed by atoms with van der Waals surface area (Å²) in [5, 5.41) is 10.7. The number of esters is 1. The number of benzene rings is 1. The molecule has 1 aromatic heterocycles. The summed E-state index contributed by atoms with van der Waals surface area (Å²) >= 11 is 0. The first-order valence-corrected chi connectivity index (χ1v) is 10.7. The summed E-state index contributed by atoms with van der Waals surface area (Å²) in [5.41, 5.74) is 2.28. The quantitative estimate of drug-likeness (QED) is 0.742. The number of carbonyl (C=O) groups excluding carboxylic acids is 2. The van der Waals surface area contributed by atoms with Crippen molar-refractivity contribution in [1.82, 2.24) is 9.88 Å². The molecule has 1 aliphatic carbocycles. The van der Waals surface area contributed by atoms with E-state index in [1.165, 1.54) is 7.11 Å². The van der Waals surface area contributed by atoms with Gasteiger partial charge in [0.25, 0.3) is 0 Å². The molecule has 1 saturated carbocycles. The van der Waals surface area contributed by atoms with Crippen LogP contribution in [0.4, 0.5) is 0 Å². The summed E-state index contributed by atoms with van der Waals surface area (Å²) in [4.78, 5) is 30.7. The lowest BCUT2D eigenvalue weighted by Gasteiger charge is -2.35. The average molecular weight is 424 g/mol. The van der Waals surface area contributed by atoms with Gasteiger partial charge in [0.2, 0.25) is 5.91 Å². The van der Waals surface area contributed by atoms with Crippen LogP contribution in [0.1, 0.15) is 34.5 Å². The molecule has 1 saturated heterocycles. The Hall–Kier alpha value is -2.93. The molecule has 164 valence electrons. The van der Waals surface area contributed by atoms with Gasteiger partial charge in [-0.05, 0) is 67.5 Å². The molecule has 0 spiro atoms. The standard InChI is InChI=1S/C24H28N2O5/c1-15-6-7-25-19(8-15)12-23(28)26-13-17-10-21(27)22(11-18(17)14-26)31-20-5-3-4-16(9-20)24(29)30-2/h3-9,17-18,21-22,27H,10-14H2,1-2H3/t17-,18+,21+,22+/m0/s1. The van der Waals surface area contributed by atoms with E-state index in [0.29, 0.717) is 43.7 Å². The highest BCUT2D eigenvalue weighted by atomic mass is 16.5. The zero-order valence-corrected chi connectivity index (χ0v) is 17.9. The van der Waals surface area contributed by atoms with Crippen molar-refractivity contribution in [2.45, 2.75) is 38.4 Å². The zero-order chi connectivity index (χ0) is 22.0. The molecule has 2 aliphatic rings. The second kappa shape index (κ2) is 9.06. The summed E-state index contributed by atoms with van der Waals surface area (Å²) in [7, 11) is 1.34. The molecule has 1 aromatic carbocycles. The normalized spacial score (nSPS) is 25.1. The lowest BCUT2D eigenvalue weighted by molar-refractivity contribution is -0.129. The topological polar surface area (TPSA) is 89.0 Å². The number of amides is 1. The largest absolute Gasteiger partial charge is 0.488 e. The molecule has 4 atom stereocenters. The van der Waals surface area contributed by atoms with E-state index in [4.69, 9.17) is 9.47 Å². The Labute approximate surface area is 182 Å². The molecule has 0 unspecified atom stereocenters. The molecule has 2 fully saturated rings. The van der Waals surface area contributed by atoms with Crippen molar-refractivity contribution in [2.24, 2.45) is 11.8 Å². The molecule has 2 aromatic rings. The number of fused-ring (bicyclic) bond motifs is 1. The first-order valence-electron chi connectivity index (χ1n) is 10.7. The Kier molecular flexibility index (Phi) is 6.23. The van der Waals surface area contributed by atoms with E-state index in [-0.39, 0.29) is 23.8 Å². The van der Waals surface area contributed by atoms with Gasteiger partial charge in [0, 0.05) is 25.0 Å². The summed E-state index contributed by atoms with van der Waals surface area (Å²) in [6, 6.07) is 10.6. The lowest BCUT2D eigenvalue weighted by atomic mass is 9.78. The van der Waals surface area contributed by atoms with E-state index >= 15 is 0 Å². The van der Waals surface area contributed by atoms with Gasteiger partial charge < -0.3 is 19.5 Å². The minimum absolute atomic E-state index is 0.0743. The lowest BCUT2D eigenvalue weighted by Crippen LogP contribution is -2.42. The predicted molar refractivity (Wildman–Crippen MR) is 114 cm³/mol. The van der Waals surface area contributed by atoms with Gasteiger partial charge in [0.1, 0.15) is 11.9 Å². The van der Waals surface area contributed by atoms with Gasteiger partial charge in [0.15, 0.2) is 0 Å². The van der Waals surface area contributed by atoms with Crippen LogP contribution in [0.2, 0.25) is 0 Å². The highest BCUT2D eigenvalue weighted by molar-refractivity contribution is 5.89. The summed E-state index contributed by atoms with van der Waals surface area (Å²) in [5.74, 6) is 0.729. The van der Waals surface area contributed by atoms with Crippen LogP contribution >= 0.6 is 0 Å². The number of hydrogen-bond donors (Lipinski definition) is 1. The Bertz CT molecular complexity index is 962. The number of carbonyl (C=O) groups is 2. The minimum atomic E-state index is -0.614. The summed E-state index contributed by atoms with van der Waals surface area (Å²) in [6.07, 6.45) is 2.30. The fourth-order valence-electron chi connectivity index (χ4n) is 4.67. The molecule has 7 nitrogen and oxygen atoms in total. The van der Waals surface area contributed by atoms with E-state index in [1.54, 1.807) is 30.5 Å². The summed E-state index contributed by atoms with van der Waals surface area (Å²) < 4.78 is 10.8. The van der Waals surface area contributed by atoms with Crippen LogP contribution < -0.4 is 4.74 Å². The number of aromatic nitrogens is 1. The van der Waals surface area contributed by atoms with E-state index in [2.05, 4.69) is 4.98 Å². The maximum Gasteiger partial charge on any atom is 0.337 e. The molecule has 2 heterocycles. The Morgan fingerprint density at radius 2 is 1.94 bits per heavy atom. The smallest absolute Gasteiger partial charge is 0.337 e. The number of methoxy groups -OCH3 is 1. The van der Waals surface area contributed by atoms with Crippen molar-refractivity contribution in [3.8, 4) is 5.75 Å². The van der Waals surface area contributed by atoms with Crippen LogP contribution in [-0.2, 0) is 16.0 Å². The minimum Gasteiger partial charge on any atom is -0.488 e. The number of aliphatic hydroxyl groups is 1. The molecular formula is C24H28N2O5. The van der Waals surface area contributed by atoms with E-state index < -0.39 is 12.1 Å². The fraction of sp³-hybridized carbons (Fsp3) is 0.458. The first-order chi connectivity index (χ1) is 14.9. The third-order valence-corrected chi connectivity index (χ3v) is 6.28. The second-order valence-electron chi connectivity index (χ2n) is 8.53. The maximum absolute atomic E-state index is 12.8. The number of hydrogen-bond acceptors (Lipinski definition) is 6. The number of rotatable bonds is 5. The van der Waals surface area contributed by atoms with Gasteiger partial charge in [0.05, 0.1) is 25.2 Å². The second-order valence-corrected chi connectivity index (χ2v) is 8.53. The Balaban J connectivity index is 1.38. The Morgan fingerprint density at radius 1 is 1.16 bits per heavy atom. The molecule has 0 radical (unpaired) electrons. The van der Waals surface area contributed by atoms with Gasteiger partial charge in [-0.15, -0.1) is 0 Å². The van der Waals surface area contributed by atoms with Crippen LogP contribution in [0, 0.1) is 18.8 Å². The maximum atomic E-state index is 12.8. The van der Waals surface area contributed by atoms with Crippen LogP contribution in [0.25, 0.3) is 0 Å². The fourth-order valence-corrected chi connectivity index (χ4v) is 4.67. The molecular weight excluding hydrogens is 396 g/mol. The van der Waals surface area contributed by atoms with Crippen LogP contribution in [0.5, 0.6) is 5.75 Å². The predicted octanol–water partition coefficient (Wildman–Crippen LogP) is 2.40. The average Bonchev–Trinajstić information content (AvgIpc) is 3.16. The number of nitrogens with zero attached hydrogens (tertiary/aromatic N) is 2.